The van der Waals surface area contributed by atoms with E-state index in [1.54, 1.807) is 16.8 Å². The molecular weight excluding hydrogens is 596 g/mol. The number of carbonyl (C=O) groups is 2. The highest BCUT2D eigenvalue weighted by atomic mass is 32.1. The van der Waals surface area contributed by atoms with E-state index in [1.807, 2.05) is 41.3 Å². The van der Waals surface area contributed by atoms with Crippen LogP contribution in [0.25, 0.3) is 43.9 Å². The molecule has 0 N–H and O–H groups in total. The van der Waals surface area contributed by atoms with Gasteiger partial charge in [-0.1, -0.05) is 18.7 Å². The summed E-state index contributed by atoms with van der Waals surface area (Å²) in [5.74, 6) is -1.59. The molecule has 7 rings (SSSR count). The van der Waals surface area contributed by atoms with Gasteiger partial charge in [0.25, 0.3) is 0 Å². The second-order valence-corrected chi connectivity index (χ2v) is 12.2. The highest BCUT2D eigenvalue weighted by Crippen LogP contribution is 2.47. The minimum Gasteiger partial charge on any atom is -0.496 e. The number of benzene rings is 2. The number of hydrogen-bond donors (Lipinski definition) is 0. The SMILES string of the molecule is C=CC(=O)N1CCn2nc(-c3nc(-c4ccc5c(c4)CN(C)C(=O)C5)c4ccsc4c3-c3c(F)cc(F)cc3OC)cc2[C@H]1C. The van der Waals surface area contributed by atoms with Crippen LogP contribution in [0.15, 0.2) is 60.5 Å². The van der Waals surface area contributed by atoms with Crippen molar-refractivity contribution >= 4 is 33.2 Å². The number of amides is 2. The van der Waals surface area contributed by atoms with E-state index in [2.05, 4.69) is 12.6 Å². The summed E-state index contributed by atoms with van der Waals surface area (Å²) in [6.45, 7) is 6.98. The van der Waals surface area contributed by atoms with Crippen molar-refractivity contribution < 1.29 is 23.1 Å². The third-order valence-electron chi connectivity index (χ3n) is 8.71. The number of aromatic nitrogens is 3. The van der Waals surface area contributed by atoms with E-state index in [-0.39, 0.29) is 29.2 Å². The molecule has 0 spiro atoms. The van der Waals surface area contributed by atoms with Crippen molar-refractivity contribution in [2.24, 2.45) is 0 Å². The fraction of sp³-hybridized carbons (Fsp3) is 0.235. The molecule has 228 valence electrons. The monoisotopic (exact) mass is 625 g/mol. The standard InChI is InChI=1S/C34H29F2N5O3S/c1-5-28(42)40-9-10-41-26(18(40)2)16-25(38-41)33-31(30-24(36)14-22(35)15-27(30)44-4)34-23(8-11-45-34)32(37-33)20-7-6-19-13-29(43)39(3)17-21(19)12-20/h5-8,11-12,14-16,18H,1,9-10,13,17H2,2-4H3/t18-/m1/s1. The summed E-state index contributed by atoms with van der Waals surface area (Å²) >= 11 is 1.42. The van der Waals surface area contributed by atoms with Gasteiger partial charge >= 0.3 is 0 Å². The van der Waals surface area contributed by atoms with E-state index >= 15 is 4.39 Å². The predicted molar refractivity (Wildman–Crippen MR) is 169 cm³/mol. The summed E-state index contributed by atoms with van der Waals surface area (Å²) in [6.07, 6.45) is 1.64. The average molecular weight is 626 g/mol. The van der Waals surface area contributed by atoms with Crippen molar-refractivity contribution in [1.29, 1.82) is 0 Å². The largest absolute Gasteiger partial charge is 0.496 e. The zero-order valence-electron chi connectivity index (χ0n) is 24.9. The number of thiophene rings is 1. The maximum Gasteiger partial charge on any atom is 0.246 e. The lowest BCUT2D eigenvalue weighted by Crippen LogP contribution is -2.40. The van der Waals surface area contributed by atoms with Gasteiger partial charge in [0.05, 0.1) is 43.1 Å². The Labute approximate surface area is 262 Å². The van der Waals surface area contributed by atoms with Crippen molar-refractivity contribution in [1.82, 2.24) is 24.6 Å². The number of carbonyl (C=O) groups excluding carboxylic acids is 2. The Morgan fingerprint density at radius 3 is 2.69 bits per heavy atom. The minimum absolute atomic E-state index is 0.0413. The molecule has 0 bridgehead atoms. The van der Waals surface area contributed by atoms with E-state index in [1.165, 1.54) is 24.5 Å². The third-order valence-corrected chi connectivity index (χ3v) is 9.64. The van der Waals surface area contributed by atoms with Gasteiger partial charge in [0.15, 0.2) is 0 Å². The van der Waals surface area contributed by atoms with Crippen LogP contribution in [-0.2, 0) is 29.1 Å². The van der Waals surface area contributed by atoms with Crippen LogP contribution in [0.2, 0.25) is 0 Å². The smallest absolute Gasteiger partial charge is 0.246 e. The van der Waals surface area contributed by atoms with Gasteiger partial charge in [-0.25, -0.2) is 13.8 Å². The molecule has 11 heteroatoms. The lowest BCUT2D eigenvalue weighted by atomic mass is 9.93. The number of nitrogens with zero attached hydrogens (tertiary/aromatic N) is 5. The first-order valence-electron chi connectivity index (χ1n) is 14.5. The topological polar surface area (TPSA) is 80.6 Å². The van der Waals surface area contributed by atoms with Gasteiger partial charge in [-0.3, -0.25) is 14.3 Å². The summed E-state index contributed by atoms with van der Waals surface area (Å²) in [7, 11) is 3.16. The first-order valence-corrected chi connectivity index (χ1v) is 15.4. The molecule has 2 aliphatic rings. The Morgan fingerprint density at radius 1 is 1.09 bits per heavy atom. The van der Waals surface area contributed by atoms with Crippen LogP contribution < -0.4 is 4.74 Å². The van der Waals surface area contributed by atoms with Gasteiger partial charge in [0.1, 0.15) is 28.8 Å². The number of hydrogen-bond acceptors (Lipinski definition) is 6. The Balaban J connectivity index is 1.49. The molecule has 0 saturated carbocycles. The molecule has 3 aromatic heterocycles. The molecule has 5 aromatic rings. The number of fused-ring (bicyclic) bond motifs is 3. The summed E-state index contributed by atoms with van der Waals surface area (Å²) < 4.78 is 38.3. The van der Waals surface area contributed by atoms with Gasteiger partial charge < -0.3 is 14.5 Å². The molecule has 0 aliphatic carbocycles. The number of halogens is 2. The molecule has 8 nitrogen and oxygen atoms in total. The Kier molecular flexibility index (Phi) is 7.00. The number of likely N-dealkylation sites (N-methyl/N-ethyl adjacent to an activating group) is 1. The van der Waals surface area contributed by atoms with Crippen LogP contribution in [0.4, 0.5) is 8.78 Å². The molecule has 2 aliphatic heterocycles. The van der Waals surface area contributed by atoms with Gasteiger partial charge in [-0.2, -0.15) is 5.10 Å². The average Bonchev–Trinajstić information content (AvgIpc) is 3.69. The van der Waals surface area contributed by atoms with Crippen LogP contribution in [0, 0.1) is 11.6 Å². The van der Waals surface area contributed by atoms with Crippen molar-refractivity contribution in [2.75, 3.05) is 20.7 Å². The predicted octanol–water partition coefficient (Wildman–Crippen LogP) is 6.38. The summed E-state index contributed by atoms with van der Waals surface area (Å²) in [5, 5.41) is 7.62. The Hall–Kier alpha value is -4.90. The third kappa shape index (κ3) is 4.69. The highest BCUT2D eigenvalue weighted by Gasteiger charge is 2.31. The van der Waals surface area contributed by atoms with E-state index in [4.69, 9.17) is 14.8 Å². The number of rotatable bonds is 5. The van der Waals surface area contributed by atoms with E-state index in [9.17, 15) is 14.0 Å². The van der Waals surface area contributed by atoms with Crippen molar-refractivity contribution in [2.45, 2.75) is 32.5 Å². The lowest BCUT2D eigenvalue weighted by Gasteiger charge is -2.33. The van der Waals surface area contributed by atoms with Crippen molar-refractivity contribution in [3.05, 3.63) is 89.0 Å². The zero-order chi connectivity index (χ0) is 31.6. The Morgan fingerprint density at radius 2 is 1.91 bits per heavy atom. The van der Waals surface area contributed by atoms with E-state index in [0.29, 0.717) is 48.7 Å². The maximum atomic E-state index is 15.8. The maximum absolute atomic E-state index is 15.8. The van der Waals surface area contributed by atoms with Gasteiger partial charge in [-0.05, 0) is 47.7 Å². The van der Waals surface area contributed by atoms with E-state index < -0.39 is 11.6 Å². The Bertz CT molecular complexity index is 2050. The number of ether oxygens (including phenoxy) is 1. The molecule has 5 heterocycles. The van der Waals surface area contributed by atoms with Gasteiger partial charge in [-0.15, -0.1) is 11.3 Å². The lowest BCUT2D eigenvalue weighted by molar-refractivity contribution is -0.130. The molecule has 2 aromatic carbocycles. The van der Waals surface area contributed by atoms with Crippen molar-refractivity contribution in [3.63, 3.8) is 0 Å². The molecule has 0 radical (unpaired) electrons. The summed E-state index contributed by atoms with van der Waals surface area (Å²) in [5.41, 5.74) is 5.78. The molecular formula is C34H29F2N5O3S. The number of methoxy groups -OCH3 is 1. The normalized spacial score (nSPS) is 16.1. The fourth-order valence-electron chi connectivity index (χ4n) is 6.39. The first kappa shape index (κ1) is 28.8. The van der Waals surface area contributed by atoms with E-state index in [0.717, 1.165) is 44.6 Å². The van der Waals surface area contributed by atoms with Gasteiger partial charge in [0, 0.05) is 53.5 Å². The summed E-state index contributed by atoms with van der Waals surface area (Å²) in [4.78, 5) is 33.5. The van der Waals surface area contributed by atoms with Crippen LogP contribution in [-0.4, -0.2) is 57.1 Å². The van der Waals surface area contributed by atoms with Crippen LogP contribution >= 0.6 is 11.3 Å². The molecule has 0 unspecified atom stereocenters. The molecule has 1 atom stereocenters. The van der Waals surface area contributed by atoms with Crippen LogP contribution in [0.5, 0.6) is 5.75 Å². The summed E-state index contributed by atoms with van der Waals surface area (Å²) in [6, 6.07) is 11.5. The molecule has 0 saturated heterocycles. The highest BCUT2D eigenvalue weighted by molar-refractivity contribution is 7.18. The first-order chi connectivity index (χ1) is 21.7. The second kappa shape index (κ2) is 10.9. The quantitative estimate of drug-likeness (QED) is 0.212. The van der Waals surface area contributed by atoms with Crippen molar-refractivity contribution in [3.8, 4) is 39.5 Å². The molecule has 0 fully saturated rings. The zero-order valence-corrected chi connectivity index (χ0v) is 25.8. The molecule has 2 amide bonds. The minimum atomic E-state index is -0.779. The molecule has 45 heavy (non-hydrogen) atoms. The van der Waals surface area contributed by atoms with Crippen LogP contribution in [0.1, 0.15) is 29.8 Å². The fourth-order valence-corrected chi connectivity index (χ4v) is 7.34. The number of pyridine rings is 1. The van der Waals surface area contributed by atoms with Crippen LogP contribution in [0.3, 0.4) is 0 Å². The van der Waals surface area contributed by atoms with Gasteiger partial charge in [0.2, 0.25) is 11.8 Å². The second-order valence-electron chi connectivity index (χ2n) is 11.3.